The van der Waals surface area contributed by atoms with Crippen LogP contribution in [0.1, 0.15) is 11.1 Å². The van der Waals surface area contributed by atoms with Crippen LogP contribution in [0, 0.1) is 0 Å². The van der Waals surface area contributed by atoms with E-state index in [-0.39, 0.29) is 24.0 Å². The summed E-state index contributed by atoms with van der Waals surface area (Å²) >= 11 is 0. The zero-order chi connectivity index (χ0) is 16.3. The van der Waals surface area contributed by atoms with Crippen LogP contribution in [-0.4, -0.2) is 22.2 Å². The fourth-order valence-corrected chi connectivity index (χ4v) is 2.27. The summed E-state index contributed by atoms with van der Waals surface area (Å²) in [5, 5.41) is 20.0. The number of benzene rings is 2. The Hall–Kier alpha value is -2.88. The molecule has 2 N–H and O–H groups in total. The summed E-state index contributed by atoms with van der Waals surface area (Å²) in [5.41, 5.74) is 1.65. The molecule has 4 heteroatoms. The molecule has 0 aliphatic carbocycles. The lowest BCUT2D eigenvalue weighted by Gasteiger charge is -2.12. The summed E-state index contributed by atoms with van der Waals surface area (Å²) in [6, 6.07) is 11.4. The van der Waals surface area contributed by atoms with E-state index < -0.39 is 11.9 Å². The second-order valence-corrected chi connectivity index (χ2v) is 5.14. The van der Waals surface area contributed by atoms with Crippen molar-refractivity contribution in [3.63, 3.8) is 0 Å². The van der Waals surface area contributed by atoms with Crippen molar-refractivity contribution in [1.29, 1.82) is 0 Å². The molecule has 2 rings (SSSR count). The molecule has 0 aromatic heterocycles. The summed E-state index contributed by atoms with van der Waals surface area (Å²) in [4.78, 5) is 22.0. The zero-order valence-electron chi connectivity index (χ0n) is 12.0. The lowest BCUT2D eigenvalue weighted by atomic mass is 9.93. The Morgan fingerprint density at radius 1 is 0.818 bits per heavy atom. The van der Waals surface area contributed by atoms with E-state index in [4.69, 9.17) is 10.2 Å². The van der Waals surface area contributed by atoms with Crippen molar-refractivity contribution in [2.45, 2.75) is 12.8 Å². The number of carboxylic acid groups (broad SMARTS) is 2. The highest BCUT2D eigenvalue weighted by Crippen LogP contribution is 2.24. The predicted octanol–water partition coefficient (Wildman–Crippen LogP) is 3.21. The fourth-order valence-electron chi connectivity index (χ4n) is 2.27. The maximum absolute atomic E-state index is 11.0. The van der Waals surface area contributed by atoms with Gasteiger partial charge in [0.1, 0.15) is 0 Å². The van der Waals surface area contributed by atoms with Gasteiger partial charge in [-0.3, -0.25) is 0 Å². The quantitative estimate of drug-likeness (QED) is 0.803. The van der Waals surface area contributed by atoms with Gasteiger partial charge in [0.15, 0.2) is 0 Å². The molecule has 0 spiro atoms. The number of fused-ring (bicyclic) bond motifs is 1. The number of hydrogen-bond acceptors (Lipinski definition) is 2. The van der Waals surface area contributed by atoms with Crippen LogP contribution in [0.2, 0.25) is 0 Å². The number of aliphatic carboxylic acids is 2. The third-order valence-electron chi connectivity index (χ3n) is 3.48. The molecule has 4 nitrogen and oxygen atoms in total. The van der Waals surface area contributed by atoms with Crippen molar-refractivity contribution in [2.75, 3.05) is 0 Å². The molecule has 0 atom stereocenters. The minimum absolute atomic E-state index is 0.0671. The number of carboxylic acids is 2. The van der Waals surface area contributed by atoms with Gasteiger partial charge < -0.3 is 10.2 Å². The first kappa shape index (κ1) is 15.5. The van der Waals surface area contributed by atoms with Crippen molar-refractivity contribution >= 4 is 22.7 Å². The second-order valence-electron chi connectivity index (χ2n) is 5.14. The van der Waals surface area contributed by atoms with Gasteiger partial charge in [0.25, 0.3) is 0 Å². The van der Waals surface area contributed by atoms with E-state index >= 15 is 0 Å². The summed E-state index contributed by atoms with van der Waals surface area (Å²) in [5.74, 6) is -2.12. The smallest absolute Gasteiger partial charge is 0.331 e. The Kier molecular flexibility index (Phi) is 4.41. The minimum atomic E-state index is -1.06. The molecule has 0 aliphatic rings. The lowest BCUT2D eigenvalue weighted by molar-refractivity contribution is -0.133. The van der Waals surface area contributed by atoms with Crippen molar-refractivity contribution < 1.29 is 19.8 Å². The molecule has 0 radical (unpaired) electrons. The zero-order valence-corrected chi connectivity index (χ0v) is 12.0. The lowest BCUT2D eigenvalue weighted by Crippen LogP contribution is -2.07. The van der Waals surface area contributed by atoms with Crippen LogP contribution in [0.25, 0.3) is 10.8 Å². The van der Waals surface area contributed by atoms with Gasteiger partial charge in [0.2, 0.25) is 0 Å². The molecule has 0 saturated carbocycles. The normalized spacial score (nSPS) is 10.4. The van der Waals surface area contributed by atoms with Crippen LogP contribution in [0.15, 0.2) is 60.7 Å². The van der Waals surface area contributed by atoms with Crippen LogP contribution in [-0.2, 0) is 22.4 Å². The van der Waals surface area contributed by atoms with Gasteiger partial charge in [-0.05, 0) is 21.9 Å². The van der Waals surface area contributed by atoms with Crippen molar-refractivity contribution in [3.8, 4) is 0 Å². The molecule has 0 heterocycles. The number of hydrogen-bond donors (Lipinski definition) is 2. The maximum Gasteiger partial charge on any atom is 0.331 e. The van der Waals surface area contributed by atoms with Crippen LogP contribution in [0.5, 0.6) is 0 Å². The number of carbonyl (C=O) groups is 2. The van der Waals surface area contributed by atoms with Gasteiger partial charge in [0, 0.05) is 24.0 Å². The van der Waals surface area contributed by atoms with Gasteiger partial charge in [-0.2, -0.15) is 0 Å². The molecule has 112 valence electrons. The minimum Gasteiger partial charge on any atom is -0.478 e. The van der Waals surface area contributed by atoms with Gasteiger partial charge in [-0.1, -0.05) is 49.6 Å². The average molecular weight is 296 g/mol. The van der Waals surface area contributed by atoms with Gasteiger partial charge >= 0.3 is 11.9 Å². The highest BCUT2D eigenvalue weighted by molar-refractivity contribution is 5.89. The molecular formula is C18H16O4. The van der Waals surface area contributed by atoms with Crippen molar-refractivity contribution in [3.05, 3.63) is 71.8 Å². The molecule has 0 unspecified atom stereocenters. The van der Waals surface area contributed by atoms with E-state index in [9.17, 15) is 9.59 Å². The molecule has 0 fully saturated rings. The molecule has 0 aliphatic heterocycles. The third-order valence-corrected chi connectivity index (χ3v) is 3.48. The molecule has 0 saturated heterocycles. The Bertz CT molecular complexity index is 720. The van der Waals surface area contributed by atoms with Crippen molar-refractivity contribution in [2.24, 2.45) is 0 Å². The maximum atomic E-state index is 11.0. The summed E-state index contributed by atoms with van der Waals surface area (Å²) < 4.78 is 0. The average Bonchev–Trinajstić information content (AvgIpc) is 2.47. The van der Waals surface area contributed by atoms with Crippen LogP contribution in [0.3, 0.4) is 0 Å². The summed E-state index contributed by atoms with van der Waals surface area (Å²) in [6.07, 6.45) is 0.338. The Morgan fingerprint density at radius 2 is 1.18 bits per heavy atom. The summed E-state index contributed by atoms with van der Waals surface area (Å²) in [6.45, 7) is 7.09. The Labute approximate surface area is 128 Å². The van der Waals surface area contributed by atoms with Crippen molar-refractivity contribution in [1.82, 2.24) is 0 Å². The third kappa shape index (κ3) is 3.41. The van der Waals surface area contributed by atoms with Gasteiger partial charge in [0.05, 0.1) is 0 Å². The second kappa shape index (κ2) is 6.26. The first-order valence-corrected chi connectivity index (χ1v) is 6.71. The first-order valence-electron chi connectivity index (χ1n) is 6.71. The Balaban J connectivity index is 2.49. The molecule has 2 aromatic carbocycles. The van der Waals surface area contributed by atoms with Crippen LogP contribution < -0.4 is 0 Å². The van der Waals surface area contributed by atoms with Gasteiger partial charge in [-0.25, -0.2) is 9.59 Å². The van der Waals surface area contributed by atoms with Crippen LogP contribution >= 0.6 is 0 Å². The molecule has 2 aromatic rings. The first-order chi connectivity index (χ1) is 10.4. The standard InChI is InChI=1S/C18H16O4/c1-11(17(19)20)7-15-9-13-5-3-4-6-14(13)10-16(15)8-12(2)18(21)22/h3-6,9-10H,1-2,7-8H2,(H,19,20)(H,21,22). The largest absolute Gasteiger partial charge is 0.478 e. The SMILES string of the molecule is C=C(Cc1cc2ccccc2cc1CC(=C)C(=O)O)C(=O)O. The molecule has 22 heavy (non-hydrogen) atoms. The number of rotatable bonds is 6. The van der Waals surface area contributed by atoms with E-state index in [1.54, 1.807) is 0 Å². The molecular weight excluding hydrogens is 280 g/mol. The van der Waals surface area contributed by atoms with E-state index in [0.29, 0.717) is 0 Å². The van der Waals surface area contributed by atoms with Crippen LogP contribution in [0.4, 0.5) is 0 Å². The van der Waals surface area contributed by atoms with E-state index in [2.05, 4.69) is 13.2 Å². The van der Waals surface area contributed by atoms with E-state index in [0.717, 1.165) is 21.9 Å². The fraction of sp³-hybridized carbons (Fsp3) is 0.111. The molecule has 0 bridgehead atoms. The summed E-state index contributed by atoms with van der Waals surface area (Å²) in [7, 11) is 0. The predicted molar refractivity (Wildman–Crippen MR) is 84.9 cm³/mol. The Morgan fingerprint density at radius 3 is 1.50 bits per heavy atom. The topological polar surface area (TPSA) is 74.6 Å². The van der Waals surface area contributed by atoms with Gasteiger partial charge in [-0.15, -0.1) is 0 Å². The van der Waals surface area contributed by atoms with E-state index in [1.165, 1.54) is 0 Å². The molecule has 0 amide bonds. The highest BCUT2D eigenvalue weighted by atomic mass is 16.4. The van der Waals surface area contributed by atoms with E-state index in [1.807, 2.05) is 36.4 Å². The highest BCUT2D eigenvalue weighted by Gasteiger charge is 2.13. The monoisotopic (exact) mass is 296 g/mol.